The standard InChI is InChI=1S/C16H16ClN3O2S/c1-19-23(21,22)11-13-4-2-3-12(7-13)10-20-15-6-5-14(9-18)16(17)8-15/h2-8,19-20H,10-11H2,1H3. The monoisotopic (exact) mass is 349 g/mol. The number of benzene rings is 2. The van der Waals surface area contributed by atoms with Crippen LogP contribution in [0.25, 0.3) is 0 Å². The smallest absolute Gasteiger partial charge is 0.215 e. The third kappa shape index (κ3) is 4.96. The molecule has 0 fully saturated rings. The summed E-state index contributed by atoms with van der Waals surface area (Å²) in [5.41, 5.74) is 2.89. The lowest BCUT2D eigenvalue weighted by Gasteiger charge is -2.09. The summed E-state index contributed by atoms with van der Waals surface area (Å²) in [6.45, 7) is 0.523. The maximum atomic E-state index is 11.6. The van der Waals surface area contributed by atoms with Crippen molar-refractivity contribution < 1.29 is 8.42 Å². The molecule has 0 heterocycles. The van der Waals surface area contributed by atoms with E-state index in [1.807, 2.05) is 24.3 Å². The van der Waals surface area contributed by atoms with E-state index in [1.165, 1.54) is 7.05 Å². The topological polar surface area (TPSA) is 82.0 Å². The lowest BCUT2D eigenvalue weighted by atomic mass is 10.1. The second kappa shape index (κ2) is 7.47. The molecule has 0 saturated carbocycles. The van der Waals surface area contributed by atoms with E-state index in [-0.39, 0.29) is 5.75 Å². The number of halogens is 1. The average molecular weight is 350 g/mol. The summed E-state index contributed by atoms with van der Waals surface area (Å²) in [6.07, 6.45) is 0. The molecule has 0 saturated heterocycles. The molecule has 0 aromatic heterocycles. The van der Waals surface area contributed by atoms with Crippen LogP contribution >= 0.6 is 11.6 Å². The second-order valence-corrected chi connectivity index (χ2v) is 7.28. The molecule has 0 bridgehead atoms. The molecule has 0 aliphatic carbocycles. The van der Waals surface area contributed by atoms with Gasteiger partial charge in [-0.05, 0) is 36.4 Å². The molecule has 2 aromatic rings. The number of nitrogens with zero attached hydrogens (tertiary/aromatic N) is 1. The van der Waals surface area contributed by atoms with E-state index in [9.17, 15) is 8.42 Å². The highest BCUT2D eigenvalue weighted by molar-refractivity contribution is 7.88. The summed E-state index contributed by atoms with van der Waals surface area (Å²) in [5.74, 6) is -0.0555. The number of hydrogen-bond acceptors (Lipinski definition) is 4. The molecule has 0 aliphatic rings. The third-order valence-corrected chi connectivity index (χ3v) is 4.89. The molecule has 5 nitrogen and oxygen atoms in total. The Bertz CT molecular complexity index is 845. The molecule has 23 heavy (non-hydrogen) atoms. The molecule has 0 amide bonds. The van der Waals surface area contributed by atoms with Crippen LogP contribution in [0.15, 0.2) is 42.5 Å². The van der Waals surface area contributed by atoms with Crippen LogP contribution in [0.3, 0.4) is 0 Å². The lowest BCUT2D eigenvalue weighted by Crippen LogP contribution is -2.20. The molecule has 120 valence electrons. The van der Waals surface area contributed by atoms with E-state index < -0.39 is 10.0 Å². The van der Waals surface area contributed by atoms with Crippen LogP contribution in [0.4, 0.5) is 5.69 Å². The van der Waals surface area contributed by atoms with Crippen LogP contribution in [0.2, 0.25) is 5.02 Å². The number of nitrogens with one attached hydrogen (secondary N) is 2. The number of anilines is 1. The zero-order chi connectivity index (χ0) is 16.9. The van der Waals surface area contributed by atoms with Crippen molar-refractivity contribution in [3.05, 3.63) is 64.2 Å². The first-order chi connectivity index (χ1) is 10.9. The van der Waals surface area contributed by atoms with Gasteiger partial charge >= 0.3 is 0 Å². The van der Waals surface area contributed by atoms with Gasteiger partial charge in [0.2, 0.25) is 10.0 Å². The second-order valence-electron chi connectivity index (χ2n) is 4.94. The van der Waals surface area contributed by atoms with Gasteiger partial charge in [-0.15, -0.1) is 0 Å². The number of hydrogen-bond donors (Lipinski definition) is 2. The summed E-state index contributed by atoms with van der Waals surface area (Å²) in [4.78, 5) is 0. The highest BCUT2D eigenvalue weighted by Crippen LogP contribution is 2.21. The van der Waals surface area contributed by atoms with Gasteiger partial charge in [-0.1, -0.05) is 35.9 Å². The first kappa shape index (κ1) is 17.3. The van der Waals surface area contributed by atoms with Crippen LogP contribution in [-0.2, 0) is 22.3 Å². The molecule has 0 spiro atoms. The van der Waals surface area contributed by atoms with Crippen molar-refractivity contribution in [3.63, 3.8) is 0 Å². The Morgan fingerprint density at radius 2 is 1.91 bits per heavy atom. The molecular weight excluding hydrogens is 334 g/mol. The Morgan fingerprint density at radius 3 is 2.57 bits per heavy atom. The molecule has 0 atom stereocenters. The number of nitriles is 1. The predicted molar refractivity (Wildman–Crippen MR) is 91.6 cm³/mol. The molecule has 2 aromatic carbocycles. The van der Waals surface area contributed by atoms with E-state index in [2.05, 4.69) is 10.0 Å². The molecule has 7 heteroatoms. The molecule has 0 radical (unpaired) electrons. The quantitative estimate of drug-likeness (QED) is 0.840. The summed E-state index contributed by atoms with van der Waals surface area (Å²) < 4.78 is 25.5. The highest BCUT2D eigenvalue weighted by Gasteiger charge is 2.08. The minimum Gasteiger partial charge on any atom is -0.381 e. The zero-order valence-electron chi connectivity index (χ0n) is 12.5. The minimum atomic E-state index is -3.29. The van der Waals surface area contributed by atoms with Gasteiger partial charge in [0.1, 0.15) is 6.07 Å². The van der Waals surface area contributed by atoms with Gasteiger partial charge in [-0.3, -0.25) is 0 Å². The molecular formula is C16H16ClN3O2S. The third-order valence-electron chi connectivity index (χ3n) is 3.25. The van der Waals surface area contributed by atoms with E-state index in [0.29, 0.717) is 17.1 Å². The van der Waals surface area contributed by atoms with Gasteiger partial charge in [0.25, 0.3) is 0 Å². The highest BCUT2D eigenvalue weighted by atomic mass is 35.5. The van der Waals surface area contributed by atoms with Gasteiger partial charge in [0.15, 0.2) is 0 Å². The van der Waals surface area contributed by atoms with Crippen molar-refractivity contribution in [2.24, 2.45) is 0 Å². The maximum absolute atomic E-state index is 11.6. The van der Waals surface area contributed by atoms with E-state index >= 15 is 0 Å². The van der Waals surface area contributed by atoms with Gasteiger partial charge in [0.05, 0.1) is 16.3 Å². The summed E-state index contributed by atoms with van der Waals surface area (Å²) >= 11 is 5.99. The van der Waals surface area contributed by atoms with Gasteiger partial charge in [0, 0.05) is 12.2 Å². The normalized spacial score (nSPS) is 11.0. The summed E-state index contributed by atoms with van der Waals surface area (Å²) in [5, 5.41) is 12.4. The molecule has 0 aliphatic heterocycles. The van der Waals surface area contributed by atoms with Crippen LogP contribution in [0.5, 0.6) is 0 Å². The molecule has 2 rings (SSSR count). The number of sulfonamides is 1. The van der Waals surface area contributed by atoms with Crippen LogP contribution in [-0.4, -0.2) is 15.5 Å². The lowest BCUT2D eigenvalue weighted by molar-refractivity contribution is 0.587. The van der Waals surface area contributed by atoms with Gasteiger partial charge < -0.3 is 5.32 Å². The SMILES string of the molecule is CNS(=O)(=O)Cc1cccc(CNc2ccc(C#N)c(Cl)c2)c1. The van der Waals surface area contributed by atoms with Crippen molar-refractivity contribution in [1.82, 2.24) is 4.72 Å². The minimum absolute atomic E-state index is 0.0555. The van der Waals surface area contributed by atoms with E-state index in [4.69, 9.17) is 16.9 Å². The Labute approximate surface area is 141 Å². The fraction of sp³-hybridized carbons (Fsp3) is 0.188. The zero-order valence-corrected chi connectivity index (χ0v) is 14.1. The summed E-state index contributed by atoms with van der Waals surface area (Å²) in [7, 11) is -1.89. The van der Waals surface area contributed by atoms with Crippen molar-refractivity contribution in [2.45, 2.75) is 12.3 Å². The van der Waals surface area contributed by atoms with Crippen LogP contribution in [0, 0.1) is 11.3 Å². The van der Waals surface area contributed by atoms with Crippen molar-refractivity contribution >= 4 is 27.3 Å². The first-order valence-electron chi connectivity index (χ1n) is 6.86. The van der Waals surface area contributed by atoms with Gasteiger partial charge in [-0.25, -0.2) is 13.1 Å². The Morgan fingerprint density at radius 1 is 1.17 bits per heavy atom. The van der Waals surface area contributed by atoms with E-state index in [0.717, 1.165) is 16.8 Å². The first-order valence-corrected chi connectivity index (χ1v) is 8.89. The fourth-order valence-electron chi connectivity index (χ4n) is 2.04. The van der Waals surface area contributed by atoms with E-state index in [1.54, 1.807) is 24.3 Å². The average Bonchev–Trinajstić information content (AvgIpc) is 2.53. The summed E-state index contributed by atoms with van der Waals surface area (Å²) in [6, 6.07) is 14.5. The van der Waals surface area contributed by atoms with Crippen LogP contribution < -0.4 is 10.0 Å². The Hall–Kier alpha value is -2.07. The van der Waals surface area contributed by atoms with Crippen molar-refractivity contribution in [2.75, 3.05) is 12.4 Å². The Kier molecular flexibility index (Phi) is 5.61. The predicted octanol–water partition coefficient (Wildman–Crippen LogP) is 2.87. The van der Waals surface area contributed by atoms with Crippen molar-refractivity contribution in [1.29, 1.82) is 5.26 Å². The largest absolute Gasteiger partial charge is 0.381 e. The van der Waals surface area contributed by atoms with Crippen LogP contribution in [0.1, 0.15) is 16.7 Å². The molecule has 0 unspecified atom stereocenters. The Balaban J connectivity index is 2.07. The maximum Gasteiger partial charge on any atom is 0.215 e. The van der Waals surface area contributed by atoms with Gasteiger partial charge in [-0.2, -0.15) is 5.26 Å². The fourth-order valence-corrected chi connectivity index (χ4v) is 3.03. The van der Waals surface area contributed by atoms with Crippen molar-refractivity contribution in [3.8, 4) is 6.07 Å². The number of rotatable bonds is 6. The molecule has 2 N–H and O–H groups in total.